The number of carbonyl (C=O) groups is 1. The van der Waals surface area contributed by atoms with E-state index in [2.05, 4.69) is 37.5 Å². The van der Waals surface area contributed by atoms with Gasteiger partial charge in [-0.05, 0) is 71.8 Å². The maximum Gasteiger partial charge on any atom is 3.00 e. The summed E-state index contributed by atoms with van der Waals surface area (Å²) >= 11 is 0. The number of fused-ring (bicyclic) bond motifs is 2. The van der Waals surface area contributed by atoms with Gasteiger partial charge in [0.15, 0.2) is 0 Å². The van der Waals surface area contributed by atoms with Gasteiger partial charge in [0.2, 0.25) is 0 Å². The summed E-state index contributed by atoms with van der Waals surface area (Å²) in [5, 5.41) is 25.2. The zero-order valence-corrected chi connectivity index (χ0v) is 29.4. The predicted octanol–water partition coefficient (Wildman–Crippen LogP) is 7.96. The Labute approximate surface area is 318 Å². The predicted molar refractivity (Wildman–Crippen MR) is 164 cm³/mol. The fourth-order valence-electron chi connectivity index (χ4n) is 4.47. The van der Waals surface area contributed by atoms with Crippen LogP contribution in [-0.4, -0.2) is 40.9 Å². The van der Waals surface area contributed by atoms with Gasteiger partial charge in [0.1, 0.15) is 0 Å². The molecule has 4 aromatic carbocycles. The average Bonchev–Trinajstić information content (AvgIpc) is 3.76. The monoisotopic (exact) mass is 975 g/mol. The Morgan fingerprint density at radius 3 is 1.21 bits per heavy atom. The Kier molecular flexibility index (Phi) is 12.6. The number of pyridine rings is 1. The minimum absolute atomic E-state index is 0. The van der Waals surface area contributed by atoms with Crippen LogP contribution in [0, 0.1) is 12.1 Å². The van der Waals surface area contributed by atoms with Crippen molar-refractivity contribution in [3.8, 4) is 11.4 Å². The molecule has 0 saturated heterocycles. The molecule has 9 nitrogen and oxygen atoms in total. The molecule has 0 aliphatic heterocycles. The molecule has 0 aliphatic rings. The quantitative estimate of drug-likeness (QED) is 0.131. The topological polar surface area (TPSA) is 114 Å². The van der Waals surface area contributed by atoms with E-state index in [9.17, 15) is 62.6 Å². The summed E-state index contributed by atoms with van der Waals surface area (Å²) < 4.78 is 152. The normalized spacial score (nSPS) is 11.9. The summed E-state index contributed by atoms with van der Waals surface area (Å²) in [6.45, 7) is 0. The van der Waals surface area contributed by atoms with E-state index in [0.717, 1.165) is 70.3 Å². The zero-order valence-electron chi connectivity index (χ0n) is 27.1. The molecular formula is C34H16F12IrN7O2. The molecule has 3 heterocycles. The molecule has 0 N–H and O–H groups in total. The summed E-state index contributed by atoms with van der Waals surface area (Å²) in [5.74, 6) is -1.24. The number of benzene rings is 4. The molecule has 0 atom stereocenters. The molecule has 0 amide bonds. The Morgan fingerprint density at radius 2 is 0.929 bits per heavy atom. The van der Waals surface area contributed by atoms with Gasteiger partial charge >= 0.3 is 44.8 Å². The van der Waals surface area contributed by atoms with Gasteiger partial charge in [0.05, 0.1) is 34.2 Å². The van der Waals surface area contributed by atoms with E-state index in [1.54, 1.807) is 12.1 Å². The minimum atomic E-state index is -4.63. The first-order valence-electron chi connectivity index (χ1n) is 14.8. The SMILES string of the molecule is FC(F)(F)c1ccc(-n2nc3c[c-]cc(C(F)(F)F)c3n2)cc1.FC(F)(F)c1ccc(-n2nc3c[c-]cc(C(F)(F)F)c3n2)cc1.O=C([O-])c1ccccn1.[Ir+3]. The maximum atomic E-state index is 12.9. The third kappa shape index (κ3) is 10.2. The van der Waals surface area contributed by atoms with E-state index in [0.29, 0.717) is 0 Å². The van der Waals surface area contributed by atoms with Crippen molar-refractivity contribution < 1.29 is 82.7 Å². The largest absolute Gasteiger partial charge is 3.00 e. The van der Waals surface area contributed by atoms with Crippen LogP contribution in [0.25, 0.3) is 33.4 Å². The van der Waals surface area contributed by atoms with Gasteiger partial charge in [-0.1, -0.05) is 6.07 Å². The van der Waals surface area contributed by atoms with Crippen molar-refractivity contribution in [1.82, 2.24) is 35.0 Å². The van der Waals surface area contributed by atoms with Crippen LogP contribution < -0.4 is 5.11 Å². The van der Waals surface area contributed by atoms with Crippen LogP contribution in [0.15, 0.2) is 97.2 Å². The molecule has 0 bridgehead atoms. The maximum absolute atomic E-state index is 12.9. The number of aromatic carboxylic acids is 1. The Bertz CT molecular complexity index is 2260. The van der Waals surface area contributed by atoms with Gasteiger partial charge in [-0.25, -0.2) is 10.2 Å². The van der Waals surface area contributed by atoms with E-state index < -0.39 is 64.0 Å². The van der Waals surface area contributed by atoms with Crippen LogP contribution in [-0.2, 0) is 44.8 Å². The summed E-state index contributed by atoms with van der Waals surface area (Å²) in [4.78, 5) is 15.3. The Hall–Kier alpha value is -5.89. The summed E-state index contributed by atoms with van der Waals surface area (Å²) in [6, 6.07) is 20.7. The molecular weight excluding hydrogens is 959 g/mol. The van der Waals surface area contributed by atoms with Crippen molar-refractivity contribution in [1.29, 1.82) is 0 Å². The van der Waals surface area contributed by atoms with Crippen LogP contribution >= 0.6 is 0 Å². The van der Waals surface area contributed by atoms with Crippen LogP contribution in [0.4, 0.5) is 52.7 Å². The van der Waals surface area contributed by atoms with Crippen molar-refractivity contribution >= 4 is 28.0 Å². The molecule has 0 aliphatic carbocycles. The number of carboxylic acids is 1. The number of halogens is 12. The average molecular weight is 975 g/mol. The Balaban J connectivity index is 0.000000201. The third-order valence-electron chi connectivity index (χ3n) is 7.02. The van der Waals surface area contributed by atoms with E-state index in [-0.39, 0.29) is 48.2 Å². The van der Waals surface area contributed by atoms with Crippen molar-refractivity contribution in [3.05, 3.63) is 137 Å². The van der Waals surface area contributed by atoms with Crippen LogP contribution in [0.1, 0.15) is 32.7 Å². The molecule has 0 radical (unpaired) electrons. The standard InChI is InChI=1S/2C14H6F6N3.C6H5NO2.Ir/c2*15-13(16,17)8-4-6-9(7-5-8)23-21-11-3-1-2-10(12(11)22-23)14(18,19)20;8-6(9)5-3-1-2-4-7-5;/h2*2-7H;1-4H,(H,8,9);/q2*-1;;+3/p-1. The van der Waals surface area contributed by atoms with Crippen molar-refractivity contribution in [2.45, 2.75) is 24.7 Å². The van der Waals surface area contributed by atoms with Gasteiger partial charge in [-0.2, -0.15) is 96.7 Å². The molecule has 56 heavy (non-hydrogen) atoms. The van der Waals surface area contributed by atoms with Crippen LogP contribution in [0.3, 0.4) is 0 Å². The zero-order chi connectivity index (χ0) is 40.3. The van der Waals surface area contributed by atoms with Gasteiger partial charge in [-0.3, -0.25) is 4.98 Å². The molecule has 0 fully saturated rings. The molecule has 3 aromatic heterocycles. The second-order valence-electron chi connectivity index (χ2n) is 10.8. The van der Waals surface area contributed by atoms with Gasteiger partial charge < -0.3 is 9.90 Å². The number of carboxylic acid groups (broad SMARTS) is 1. The molecule has 7 rings (SSSR count). The van der Waals surface area contributed by atoms with E-state index >= 15 is 0 Å². The van der Waals surface area contributed by atoms with Crippen molar-refractivity contribution in [3.63, 3.8) is 0 Å². The van der Waals surface area contributed by atoms with E-state index in [4.69, 9.17) is 0 Å². The third-order valence-corrected chi connectivity index (χ3v) is 7.02. The second kappa shape index (κ2) is 16.5. The first-order chi connectivity index (χ1) is 25.6. The van der Waals surface area contributed by atoms with Crippen molar-refractivity contribution in [2.24, 2.45) is 0 Å². The van der Waals surface area contributed by atoms with E-state index in [1.807, 2.05) is 0 Å². The first-order valence-corrected chi connectivity index (χ1v) is 14.8. The molecule has 0 unspecified atom stereocenters. The summed E-state index contributed by atoms with van der Waals surface area (Å²) in [7, 11) is 0. The van der Waals surface area contributed by atoms with Crippen molar-refractivity contribution in [2.75, 3.05) is 0 Å². The number of hydrogen-bond donors (Lipinski definition) is 0. The Morgan fingerprint density at radius 1 is 0.536 bits per heavy atom. The number of carbonyl (C=O) groups excluding carboxylic acids is 1. The second-order valence-corrected chi connectivity index (χ2v) is 10.8. The number of hydrogen-bond acceptors (Lipinski definition) is 7. The molecule has 7 aromatic rings. The first kappa shape index (κ1) is 42.8. The van der Waals surface area contributed by atoms with Gasteiger partial charge in [0.25, 0.3) is 0 Å². The van der Waals surface area contributed by atoms with Crippen LogP contribution in [0.5, 0.6) is 0 Å². The van der Waals surface area contributed by atoms with Gasteiger partial charge in [-0.15, -0.1) is 12.1 Å². The number of alkyl halides is 12. The molecule has 22 heteroatoms. The number of nitrogens with zero attached hydrogens (tertiary/aromatic N) is 7. The molecule has 0 saturated carbocycles. The fourth-order valence-corrected chi connectivity index (χ4v) is 4.47. The smallest absolute Gasteiger partial charge is 0.543 e. The minimum Gasteiger partial charge on any atom is -0.543 e. The number of rotatable bonds is 3. The summed E-state index contributed by atoms with van der Waals surface area (Å²) in [5.41, 5.74) is -4.46. The number of aromatic nitrogens is 7. The summed E-state index contributed by atoms with van der Waals surface area (Å²) in [6.07, 6.45) is -16.8. The van der Waals surface area contributed by atoms with Crippen LogP contribution in [0.2, 0.25) is 0 Å². The fraction of sp³-hybridized carbons (Fsp3) is 0.118. The molecule has 0 spiro atoms. The van der Waals surface area contributed by atoms with E-state index in [1.165, 1.54) is 24.4 Å². The molecule has 292 valence electrons. The van der Waals surface area contributed by atoms with Gasteiger partial charge in [0, 0.05) is 28.3 Å².